The largest absolute Gasteiger partial charge is 0.348 e. The number of allylic oxidation sites excluding steroid dienone is 1. The summed E-state index contributed by atoms with van der Waals surface area (Å²) < 4.78 is 2.62. The Morgan fingerprint density at radius 3 is 3.06 bits per heavy atom. The van der Waals surface area contributed by atoms with Gasteiger partial charge in [-0.3, -0.25) is 4.57 Å². The van der Waals surface area contributed by atoms with Gasteiger partial charge in [0.1, 0.15) is 0 Å². The predicted octanol–water partition coefficient (Wildman–Crippen LogP) is 2.74. The Morgan fingerprint density at radius 1 is 1.50 bits per heavy atom. The Morgan fingerprint density at radius 2 is 2.31 bits per heavy atom. The molecule has 2 rings (SSSR count). The van der Waals surface area contributed by atoms with Crippen molar-refractivity contribution in [2.45, 2.75) is 13.0 Å². The molecule has 0 fully saturated rings. The second-order valence-corrected chi connectivity index (χ2v) is 4.39. The van der Waals surface area contributed by atoms with E-state index < -0.39 is 0 Å². The predicted molar refractivity (Wildman–Crippen MR) is 68.5 cm³/mol. The van der Waals surface area contributed by atoms with Crippen LogP contribution in [0.2, 0.25) is 0 Å². The lowest BCUT2D eigenvalue weighted by molar-refractivity contribution is 0.687. The van der Waals surface area contributed by atoms with Crippen molar-refractivity contribution in [1.29, 1.82) is 0 Å². The molecule has 0 aliphatic heterocycles. The van der Waals surface area contributed by atoms with Crippen molar-refractivity contribution in [2.75, 3.05) is 0 Å². The normalized spacial score (nSPS) is 10.6. The molecule has 0 atom stereocenters. The van der Waals surface area contributed by atoms with Crippen LogP contribution in [0.1, 0.15) is 6.42 Å². The highest BCUT2D eigenvalue weighted by molar-refractivity contribution is 9.10. The van der Waals surface area contributed by atoms with Crippen LogP contribution >= 0.6 is 15.9 Å². The van der Waals surface area contributed by atoms with Gasteiger partial charge in [0.05, 0.1) is 5.52 Å². The first-order chi connectivity index (χ1) is 7.72. The number of nitrogens with zero attached hydrogens (tertiary/aromatic N) is 2. The second-order valence-electron chi connectivity index (χ2n) is 3.47. The zero-order valence-electron chi connectivity index (χ0n) is 8.69. The lowest BCUT2D eigenvalue weighted by atomic mass is 10.2. The van der Waals surface area contributed by atoms with Gasteiger partial charge in [0.2, 0.25) is 0 Å². The van der Waals surface area contributed by atoms with E-state index in [0.717, 1.165) is 21.8 Å². The molecule has 0 aliphatic rings. The van der Waals surface area contributed by atoms with E-state index >= 15 is 0 Å². The van der Waals surface area contributed by atoms with Crippen LogP contribution in [-0.4, -0.2) is 9.55 Å². The summed E-state index contributed by atoms with van der Waals surface area (Å²) in [6.07, 6.45) is 4.16. The van der Waals surface area contributed by atoms with Gasteiger partial charge in [0.15, 0.2) is 0 Å². The third kappa shape index (κ3) is 2.07. The number of hydrogen-bond acceptors (Lipinski definition) is 2. The fourth-order valence-corrected chi connectivity index (χ4v) is 1.94. The summed E-state index contributed by atoms with van der Waals surface area (Å²) in [6.45, 7) is 4.27. The maximum absolute atomic E-state index is 11.7. The molecule has 2 aromatic rings. The molecule has 3 nitrogen and oxygen atoms in total. The van der Waals surface area contributed by atoms with E-state index in [9.17, 15) is 4.79 Å². The number of fused-ring (bicyclic) bond motifs is 1. The molecule has 1 heterocycles. The van der Waals surface area contributed by atoms with E-state index in [4.69, 9.17) is 0 Å². The van der Waals surface area contributed by atoms with E-state index in [-0.39, 0.29) is 5.69 Å². The molecule has 0 aliphatic carbocycles. The molecule has 0 saturated heterocycles. The van der Waals surface area contributed by atoms with Gasteiger partial charge in [-0.2, -0.15) is 0 Å². The van der Waals surface area contributed by atoms with Crippen LogP contribution in [0.5, 0.6) is 0 Å². The van der Waals surface area contributed by atoms with E-state index in [1.54, 1.807) is 16.8 Å². The van der Waals surface area contributed by atoms with Crippen LogP contribution in [0, 0.1) is 0 Å². The quantitative estimate of drug-likeness (QED) is 0.810. The van der Waals surface area contributed by atoms with Crippen LogP contribution in [0.4, 0.5) is 0 Å². The van der Waals surface area contributed by atoms with Gasteiger partial charge in [0, 0.05) is 22.6 Å². The molecule has 4 heteroatoms. The zero-order valence-corrected chi connectivity index (χ0v) is 10.3. The Hall–Kier alpha value is -1.42. The van der Waals surface area contributed by atoms with Crippen molar-refractivity contribution in [3.63, 3.8) is 0 Å². The molecule has 0 bridgehead atoms. The SMILES string of the molecule is C=CCCn1c(=O)ncc2ccc(Br)cc21. The first-order valence-electron chi connectivity index (χ1n) is 4.98. The number of hydrogen-bond donors (Lipinski definition) is 0. The fourth-order valence-electron chi connectivity index (χ4n) is 1.59. The summed E-state index contributed by atoms with van der Waals surface area (Å²) in [5.41, 5.74) is 0.684. The lowest BCUT2D eigenvalue weighted by Crippen LogP contribution is -2.22. The number of halogens is 1. The van der Waals surface area contributed by atoms with Crippen molar-refractivity contribution in [1.82, 2.24) is 9.55 Å². The van der Waals surface area contributed by atoms with Gasteiger partial charge >= 0.3 is 5.69 Å². The van der Waals surface area contributed by atoms with Crippen molar-refractivity contribution >= 4 is 26.8 Å². The molecule has 0 radical (unpaired) electrons. The van der Waals surface area contributed by atoms with Gasteiger partial charge in [0.25, 0.3) is 0 Å². The molecule has 0 saturated carbocycles. The lowest BCUT2D eigenvalue weighted by Gasteiger charge is -2.07. The maximum atomic E-state index is 11.7. The summed E-state index contributed by atoms with van der Waals surface area (Å²) in [5, 5.41) is 0.965. The maximum Gasteiger partial charge on any atom is 0.348 e. The summed E-state index contributed by atoms with van der Waals surface area (Å²) in [4.78, 5) is 15.5. The Balaban J connectivity index is 2.67. The topological polar surface area (TPSA) is 34.9 Å². The van der Waals surface area contributed by atoms with Crippen molar-refractivity contribution in [3.8, 4) is 0 Å². The van der Waals surface area contributed by atoms with Gasteiger partial charge in [-0.05, 0) is 18.6 Å². The summed E-state index contributed by atoms with van der Waals surface area (Å²) >= 11 is 3.40. The molecular formula is C12H11BrN2O. The highest BCUT2D eigenvalue weighted by Crippen LogP contribution is 2.17. The molecule has 1 aromatic carbocycles. The molecule has 0 amide bonds. The summed E-state index contributed by atoms with van der Waals surface area (Å²) in [7, 11) is 0. The van der Waals surface area contributed by atoms with Gasteiger partial charge in [-0.25, -0.2) is 9.78 Å². The number of aromatic nitrogens is 2. The van der Waals surface area contributed by atoms with Crippen molar-refractivity contribution in [3.05, 3.63) is 52.0 Å². The van der Waals surface area contributed by atoms with Crippen LogP contribution in [0.25, 0.3) is 10.9 Å². The van der Waals surface area contributed by atoms with Crippen LogP contribution in [-0.2, 0) is 6.54 Å². The van der Waals surface area contributed by atoms with E-state index in [1.165, 1.54) is 0 Å². The van der Waals surface area contributed by atoms with Crippen molar-refractivity contribution < 1.29 is 0 Å². The van der Waals surface area contributed by atoms with E-state index in [2.05, 4.69) is 27.5 Å². The molecule has 0 spiro atoms. The smallest absolute Gasteiger partial charge is 0.292 e. The van der Waals surface area contributed by atoms with E-state index in [0.29, 0.717) is 6.54 Å². The van der Waals surface area contributed by atoms with Gasteiger partial charge in [-0.1, -0.05) is 28.1 Å². The fraction of sp³-hybridized carbons (Fsp3) is 0.167. The molecule has 0 unspecified atom stereocenters. The number of benzene rings is 1. The zero-order chi connectivity index (χ0) is 11.5. The van der Waals surface area contributed by atoms with E-state index in [1.807, 2.05) is 18.2 Å². The second kappa shape index (κ2) is 4.61. The Bertz CT molecular complexity index is 589. The number of rotatable bonds is 3. The Kier molecular flexibility index (Phi) is 3.19. The molecule has 16 heavy (non-hydrogen) atoms. The first-order valence-corrected chi connectivity index (χ1v) is 5.77. The third-order valence-corrected chi connectivity index (χ3v) is 2.88. The third-order valence-electron chi connectivity index (χ3n) is 2.39. The minimum atomic E-state index is -0.215. The van der Waals surface area contributed by atoms with Crippen LogP contribution < -0.4 is 5.69 Å². The Labute approximate surface area is 102 Å². The molecule has 1 aromatic heterocycles. The first kappa shape index (κ1) is 11.1. The molecule has 82 valence electrons. The number of aryl methyl sites for hydroxylation is 1. The molecular weight excluding hydrogens is 268 g/mol. The monoisotopic (exact) mass is 278 g/mol. The molecule has 0 N–H and O–H groups in total. The minimum Gasteiger partial charge on any atom is -0.292 e. The van der Waals surface area contributed by atoms with Gasteiger partial charge < -0.3 is 0 Å². The van der Waals surface area contributed by atoms with Gasteiger partial charge in [-0.15, -0.1) is 6.58 Å². The van der Waals surface area contributed by atoms with Crippen LogP contribution in [0.15, 0.2) is 46.3 Å². The standard InChI is InChI=1S/C12H11BrN2O/c1-2-3-6-15-11-7-10(13)5-4-9(11)8-14-12(15)16/h2,4-5,7-8H,1,3,6H2. The summed E-state index contributed by atoms with van der Waals surface area (Å²) in [6, 6.07) is 5.81. The van der Waals surface area contributed by atoms with Crippen LogP contribution in [0.3, 0.4) is 0 Å². The van der Waals surface area contributed by atoms with Crippen molar-refractivity contribution in [2.24, 2.45) is 0 Å². The minimum absolute atomic E-state index is 0.215. The highest BCUT2D eigenvalue weighted by atomic mass is 79.9. The highest BCUT2D eigenvalue weighted by Gasteiger charge is 2.03. The average molecular weight is 279 g/mol. The summed E-state index contributed by atoms with van der Waals surface area (Å²) in [5.74, 6) is 0. The average Bonchev–Trinajstić information content (AvgIpc) is 2.28.